The summed E-state index contributed by atoms with van der Waals surface area (Å²) >= 11 is 0. The standard InChI is InChI=1S/C57H37N3/c1-3-17-40(18-4-1)47-24-9-14-29-52(47)57-59-55(42-19-5-2-6-20-42)58-56(60-57)46-23-15-22-45(37-46)54-50-27-12-10-25-48(50)53(49-26-11-13-28-51(49)54)41-33-30-39(31-34-41)44-35-32-38-16-7-8-21-43(38)36-44/h1-37H. The molecule has 0 aliphatic heterocycles. The van der Waals surface area contributed by atoms with Crippen LogP contribution in [-0.4, -0.2) is 15.0 Å². The van der Waals surface area contributed by atoms with Crippen molar-refractivity contribution in [1.82, 2.24) is 15.0 Å². The van der Waals surface area contributed by atoms with Gasteiger partial charge in [-0.3, -0.25) is 0 Å². The van der Waals surface area contributed by atoms with E-state index in [-0.39, 0.29) is 0 Å². The molecule has 280 valence electrons. The molecule has 0 radical (unpaired) electrons. The number of rotatable bonds is 7. The Morgan fingerprint density at radius 1 is 0.217 bits per heavy atom. The summed E-state index contributed by atoms with van der Waals surface area (Å²) < 4.78 is 0. The number of aromatic nitrogens is 3. The maximum atomic E-state index is 5.22. The van der Waals surface area contributed by atoms with Gasteiger partial charge in [-0.05, 0) is 89.0 Å². The van der Waals surface area contributed by atoms with Gasteiger partial charge in [-0.2, -0.15) is 0 Å². The molecule has 0 saturated carbocycles. The molecule has 0 aliphatic carbocycles. The van der Waals surface area contributed by atoms with Crippen molar-refractivity contribution in [2.24, 2.45) is 0 Å². The second kappa shape index (κ2) is 15.1. The summed E-state index contributed by atoms with van der Waals surface area (Å²) in [5.41, 5.74) is 12.1. The Labute approximate surface area is 349 Å². The number of hydrogen-bond acceptors (Lipinski definition) is 3. The minimum atomic E-state index is 0.625. The summed E-state index contributed by atoms with van der Waals surface area (Å²) in [6.07, 6.45) is 0. The van der Waals surface area contributed by atoms with Gasteiger partial charge in [-0.15, -0.1) is 0 Å². The topological polar surface area (TPSA) is 38.7 Å². The molecule has 0 N–H and O–H groups in total. The fraction of sp³-hybridized carbons (Fsp3) is 0. The highest BCUT2D eigenvalue weighted by atomic mass is 15.0. The Morgan fingerprint density at radius 3 is 1.33 bits per heavy atom. The van der Waals surface area contributed by atoms with E-state index in [1.807, 2.05) is 30.3 Å². The van der Waals surface area contributed by atoms with E-state index < -0.39 is 0 Å². The lowest BCUT2D eigenvalue weighted by Crippen LogP contribution is -2.01. The molecule has 0 aliphatic rings. The van der Waals surface area contributed by atoms with Gasteiger partial charge in [0.2, 0.25) is 0 Å². The average Bonchev–Trinajstić information content (AvgIpc) is 3.33. The van der Waals surface area contributed by atoms with E-state index in [0.717, 1.165) is 33.4 Å². The van der Waals surface area contributed by atoms with Crippen molar-refractivity contribution in [2.75, 3.05) is 0 Å². The predicted octanol–water partition coefficient (Wildman–Crippen LogP) is 15.0. The zero-order chi connectivity index (χ0) is 39.8. The van der Waals surface area contributed by atoms with E-state index >= 15 is 0 Å². The van der Waals surface area contributed by atoms with E-state index in [0.29, 0.717) is 17.5 Å². The van der Waals surface area contributed by atoms with Crippen molar-refractivity contribution < 1.29 is 0 Å². The maximum absolute atomic E-state index is 5.22. The third-order valence-electron chi connectivity index (χ3n) is 11.5. The predicted molar refractivity (Wildman–Crippen MR) is 250 cm³/mol. The number of nitrogens with zero attached hydrogens (tertiary/aromatic N) is 3. The average molecular weight is 764 g/mol. The summed E-state index contributed by atoms with van der Waals surface area (Å²) in [7, 11) is 0. The molecule has 0 spiro atoms. The number of hydrogen-bond donors (Lipinski definition) is 0. The van der Waals surface area contributed by atoms with Crippen LogP contribution in [0.15, 0.2) is 224 Å². The number of fused-ring (bicyclic) bond motifs is 3. The normalized spacial score (nSPS) is 11.3. The zero-order valence-electron chi connectivity index (χ0n) is 32.7. The van der Waals surface area contributed by atoms with Gasteiger partial charge in [0.25, 0.3) is 0 Å². The maximum Gasteiger partial charge on any atom is 0.164 e. The molecule has 1 heterocycles. The minimum absolute atomic E-state index is 0.625. The second-order valence-corrected chi connectivity index (χ2v) is 15.1. The Balaban J connectivity index is 1.06. The first-order valence-corrected chi connectivity index (χ1v) is 20.4. The monoisotopic (exact) mass is 763 g/mol. The van der Waals surface area contributed by atoms with E-state index in [2.05, 4.69) is 194 Å². The first-order valence-electron chi connectivity index (χ1n) is 20.4. The van der Waals surface area contributed by atoms with Gasteiger partial charge in [-0.25, -0.2) is 15.0 Å². The van der Waals surface area contributed by atoms with Crippen molar-refractivity contribution in [2.45, 2.75) is 0 Å². The first kappa shape index (κ1) is 35.2. The van der Waals surface area contributed by atoms with Crippen molar-refractivity contribution in [3.8, 4) is 78.7 Å². The first-order chi connectivity index (χ1) is 29.7. The van der Waals surface area contributed by atoms with Crippen LogP contribution in [0.25, 0.3) is 111 Å². The van der Waals surface area contributed by atoms with Gasteiger partial charge in [0, 0.05) is 16.7 Å². The fourth-order valence-corrected chi connectivity index (χ4v) is 8.65. The van der Waals surface area contributed by atoms with Crippen LogP contribution in [0.1, 0.15) is 0 Å². The molecule has 0 bridgehead atoms. The molecule has 0 saturated heterocycles. The van der Waals surface area contributed by atoms with Gasteiger partial charge < -0.3 is 0 Å². The lowest BCUT2D eigenvalue weighted by atomic mass is 9.85. The highest BCUT2D eigenvalue weighted by Gasteiger charge is 2.19. The Bertz CT molecular complexity index is 3300. The molecule has 3 nitrogen and oxygen atoms in total. The quantitative estimate of drug-likeness (QED) is 0.152. The van der Waals surface area contributed by atoms with E-state index in [4.69, 9.17) is 15.0 Å². The molecule has 0 fully saturated rings. The van der Waals surface area contributed by atoms with E-state index in [1.54, 1.807) is 0 Å². The van der Waals surface area contributed by atoms with Crippen LogP contribution in [0.4, 0.5) is 0 Å². The van der Waals surface area contributed by atoms with Gasteiger partial charge in [0.15, 0.2) is 17.5 Å². The van der Waals surface area contributed by atoms with Gasteiger partial charge in [0.1, 0.15) is 0 Å². The number of benzene rings is 10. The van der Waals surface area contributed by atoms with Crippen LogP contribution in [-0.2, 0) is 0 Å². The molecular weight excluding hydrogens is 727 g/mol. The van der Waals surface area contributed by atoms with Crippen LogP contribution < -0.4 is 0 Å². The molecule has 1 aromatic heterocycles. The third kappa shape index (κ3) is 6.39. The third-order valence-corrected chi connectivity index (χ3v) is 11.5. The summed E-state index contributed by atoms with van der Waals surface area (Å²) in [6.45, 7) is 0. The summed E-state index contributed by atoms with van der Waals surface area (Å²) in [5, 5.41) is 7.31. The van der Waals surface area contributed by atoms with Crippen LogP contribution in [0, 0.1) is 0 Å². The van der Waals surface area contributed by atoms with Crippen LogP contribution in [0.3, 0.4) is 0 Å². The van der Waals surface area contributed by atoms with Crippen molar-refractivity contribution in [3.05, 3.63) is 224 Å². The second-order valence-electron chi connectivity index (χ2n) is 15.1. The van der Waals surface area contributed by atoms with Crippen LogP contribution in [0.5, 0.6) is 0 Å². The minimum Gasteiger partial charge on any atom is -0.208 e. The molecule has 0 unspecified atom stereocenters. The largest absolute Gasteiger partial charge is 0.208 e. The van der Waals surface area contributed by atoms with Gasteiger partial charge in [0.05, 0.1) is 0 Å². The summed E-state index contributed by atoms with van der Waals surface area (Å²) in [4.78, 5) is 15.5. The van der Waals surface area contributed by atoms with Crippen molar-refractivity contribution in [1.29, 1.82) is 0 Å². The summed E-state index contributed by atoms with van der Waals surface area (Å²) in [5.74, 6) is 1.90. The molecule has 10 aromatic carbocycles. The lowest BCUT2D eigenvalue weighted by Gasteiger charge is -2.18. The zero-order valence-corrected chi connectivity index (χ0v) is 32.7. The highest BCUT2D eigenvalue weighted by Crippen LogP contribution is 2.44. The lowest BCUT2D eigenvalue weighted by molar-refractivity contribution is 1.07. The smallest absolute Gasteiger partial charge is 0.164 e. The Morgan fingerprint density at radius 2 is 0.667 bits per heavy atom. The van der Waals surface area contributed by atoms with Gasteiger partial charge in [-0.1, -0.05) is 212 Å². The molecule has 0 amide bonds. The Kier molecular flexibility index (Phi) is 8.83. The SMILES string of the molecule is c1ccc(-c2nc(-c3cccc(-c4c5ccccc5c(-c5ccc(-c6ccc7ccccc7c6)cc5)c5ccccc45)c3)nc(-c3ccccc3-c3ccccc3)n2)cc1. The molecule has 11 aromatic rings. The molecule has 3 heteroatoms. The molecule has 60 heavy (non-hydrogen) atoms. The highest BCUT2D eigenvalue weighted by molar-refractivity contribution is 6.21. The van der Waals surface area contributed by atoms with Crippen molar-refractivity contribution in [3.63, 3.8) is 0 Å². The molecular formula is C57H37N3. The molecule has 0 atom stereocenters. The molecule has 11 rings (SSSR count). The van der Waals surface area contributed by atoms with Gasteiger partial charge >= 0.3 is 0 Å². The van der Waals surface area contributed by atoms with E-state index in [9.17, 15) is 0 Å². The van der Waals surface area contributed by atoms with Crippen molar-refractivity contribution >= 4 is 32.3 Å². The van der Waals surface area contributed by atoms with Crippen LogP contribution in [0.2, 0.25) is 0 Å². The van der Waals surface area contributed by atoms with Crippen LogP contribution >= 0.6 is 0 Å². The summed E-state index contributed by atoms with van der Waals surface area (Å²) in [6, 6.07) is 79.5. The Hall–Kier alpha value is -8.01. The fourth-order valence-electron chi connectivity index (χ4n) is 8.65. The van der Waals surface area contributed by atoms with E-state index in [1.165, 1.54) is 60.1 Å².